The number of rotatable bonds is 5. The molecule has 0 bridgehead atoms. The molecule has 0 unspecified atom stereocenters. The van der Waals surface area contributed by atoms with Gasteiger partial charge in [0, 0.05) is 26.7 Å². The Morgan fingerprint density at radius 2 is 1.80 bits per heavy atom. The third-order valence-electron chi connectivity index (χ3n) is 3.77. The molecule has 2 N–H and O–H groups in total. The van der Waals surface area contributed by atoms with Crippen molar-refractivity contribution in [3.05, 3.63) is 57.8 Å². The van der Waals surface area contributed by atoms with Crippen molar-refractivity contribution in [1.82, 2.24) is 15.5 Å². The molecule has 0 spiro atoms. The van der Waals surface area contributed by atoms with Crippen LogP contribution >= 0.6 is 35.3 Å². The van der Waals surface area contributed by atoms with E-state index in [2.05, 4.69) is 21.0 Å². The summed E-state index contributed by atoms with van der Waals surface area (Å²) in [5, 5.41) is 10.4. The number of carbonyl (C=O) groups is 2. The standard InChI is InChI=1S/C17H18N4O2S.HI/c1-18-17(20-10-12-6-9-24-11-12)19-7-8-21-15(22)13-4-2-3-5-14(13)16(21)23;/h2-6,9,11H,7-8,10H2,1H3,(H2,18,19,20);1H. The van der Waals surface area contributed by atoms with E-state index >= 15 is 0 Å². The average molecular weight is 470 g/mol. The molecular formula is C17H19IN4O2S. The van der Waals surface area contributed by atoms with Crippen molar-refractivity contribution in [3.8, 4) is 0 Å². The Morgan fingerprint density at radius 3 is 2.36 bits per heavy atom. The van der Waals surface area contributed by atoms with Crippen LogP contribution in [0.25, 0.3) is 0 Å². The minimum atomic E-state index is -0.237. The summed E-state index contributed by atoms with van der Waals surface area (Å²) in [4.78, 5) is 29.9. The third-order valence-corrected chi connectivity index (χ3v) is 4.50. The van der Waals surface area contributed by atoms with Crippen molar-refractivity contribution in [2.75, 3.05) is 20.1 Å². The first-order chi connectivity index (χ1) is 11.7. The molecule has 25 heavy (non-hydrogen) atoms. The summed E-state index contributed by atoms with van der Waals surface area (Å²) >= 11 is 1.65. The van der Waals surface area contributed by atoms with Gasteiger partial charge in [0.05, 0.1) is 11.1 Å². The van der Waals surface area contributed by atoms with E-state index in [1.54, 1.807) is 42.6 Å². The molecule has 0 radical (unpaired) electrons. The highest BCUT2D eigenvalue weighted by Crippen LogP contribution is 2.21. The predicted molar refractivity (Wildman–Crippen MR) is 110 cm³/mol. The summed E-state index contributed by atoms with van der Waals surface area (Å²) in [5.41, 5.74) is 2.13. The van der Waals surface area contributed by atoms with Gasteiger partial charge in [-0.2, -0.15) is 11.3 Å². The van der Waals surface area contributed by atoms with E-state index in [0.29, 0.717) is 36.7 Å². The Kier molecular flexibility index (Phi) is 6.94. The summed E-state index contributed by atoms with van der Waals surface area (Å²) in [6.45, 7) is 1.41. The van der Waals surface area contributed by atoms with Crippen molar-refractivity contribution in [2.24, 2.45) is 4.99 Å². The number of nitrogens with zero attached hydrogens (tertiary/aromatic N) is 2. The number of carbonyl (C=O) groups excluding carboxylic acids is 2. The Morgan fingerprint density at radius 1 is 1.12 bits per heavy atom. The van der Waals surface area contributed by atoms with Gasteiger partial charge >= 0.3 is 0 Å². The van der Waals surface area contributed by atoms with Crippen LogP contribution in [0, 0.1) is 0 Å². The molecule has 2 amide bonds. The van der Waals surface area contributed by atoms with Gasteiger partial charge in [-0.15, -0.1) is 24.0 Å². The fourth-order valence-electron chi connectivity index (χ4n) is 2.53. The van der Waals surface area contributed by atoms with E-state index in [4.69, 9.17) is 0 Å². The number of benzene rings is 1. The maximum absolute atomic E-state index is 12.3. The van der Waals surface area contributed by atoms with E-state index in [1.165, 1.54) is 10.5 Å². The Bertz CT molecular complexity index is 742. The van der Waals surface area contributed by atoms with Crippen LogP contribution in [0.3, 0.4) is 0 Å². The SMILES string of the molecule is CN=C(NCCN1C(=O)c2ccccc2C1=O)NCc1ccsc1.I. The zero-order chi connectivity index (χ0) is 16.9. The minimum Gasteiger partial charge on any atom is -0.355 e. The molecule has 0 atom stereocenters. The van der Waals surface area contributed by atoms with Crippen LogP contribution in [-0.2, 0) is 6.54 Å². The lowest BCUT2D eigenvalue weighted by Crippen LogP contribution is -2.42. The number of thiophene rings is 1. The van der Waals surface area contributed by atoms with E-state index in [9.17, 15) is 9.59 Å². The number of halogens is 1. The minimum absolute atomic E-state index is 0. The zero-order valence-electron chi connectivity index (χ0n) is 13.7. The highest BCUT2D eigenvalue weighted by Gasteiger charge is 2.34. The number of imide groups is 1. The molecule has 3 rings (SSSR count). The molecule has 0 saturated carbocycles. The predicted octanol–water partition coefficient (Wildman–Crippen LogP) is 2.33. The number of nitrogens with one attached hydrogen (secondary N) is 2. The smallest absolute Gasteiger partial charge is 0.261 e. The lowest BCUT2D eigenvalue weighted by atomic mass is 10.1. The van der Waals surface area contributed by atoms with E-state index in [1.807, 2.05) is 11.4 Å². The second-order valence-corrected chi connectivity index (χ2v) is 6.07. The molecule has 0 aliphatic carbocycles. The Hall–Kier alpha value is -1.94. The largest absolute Gasteiger partial charge is 0.355 e. The van der Waals surface area contributed by atoms with Gasteiger partial charge < -0.3 is 10.6 Å². The lowest BCUT2D eigenvalue weighted by Gasteiger charge is -2.16. The van der Waals surface area contributed by atoms with Crippen molar-refractivity contribution < 1.29 is 9.59 Å². The molecule has 132 valence electrons. The summed E-state index contributed by atoms with van der Waals surface area (Å²) in [6.07, 6.45) is 0. The molecule has 6 nitrogen and oxygen atoms in total. The monoisotopic (exact) mass is 470 g/mol. The Balaban J connectivity index is 0.00000225. The van der Waals surface area contributed by atoms with Gasteiger partial charge in [-0.3, -0.25) is 19.5 Å². The number of fused-ring (bicyclic) bond motifs is 1. The number of amides is 2. The molecule has 1 aromatic carbocycles. The molecule has 1 aliphatic heterocycles. The number of hydrogen-bond donors (Lipinski definition) is 2. The van der Waals surface area contributed by atoms with Crippen molar-refractivity contribution in [2.45, 2.75) is 6.54 Å². The van der Waals surface area contributed by atoms with Gasteiger partial charge in [-0.25, -0.2) is 0 Å². The van der Waals surface area contributed by atoms with Gasteiger partial charge in [0.25, 0.3) is 11.8 Å². The maximum atomic E-state index is 12.3. The van der Waals surface area contributed by atoms with E-state index < -0.39 is 0 Å². The molecular weight excluding hydrogens is 451 g/mol. The van der Waals surface area contributed by atoms with Gasteiger partial charge in [0.1, 0.15) is 0 Å². The highest BCUT2D eigenvalue weighted by atomic mass is 127. The zero-order valence-corrected chi connectivity index (χ0v) is 16.8. The van der Waals surface area contributed by atoms with Gasteiger partial charge in [0.2, 0.25) is 0 Å². The fraction of sp³-hybridized carbons (Fsp3) is 0.235. The molecule has 2 heterocycles. The quantitative estimate of drug-likeness (QED) is 0.305. The normalized spacial score (nSPS) is 13.5. The van der Waals surface area contributed by atoms with Gasteiger partial charge in [0.15, 0.2) is 5.96 Å². The van der Waals surface area contributed by atoms with Crippen LogP contribution in [0.4, 0.5) is 0 Å². The van der Waals surface area contributed by atoms with Crippen LogP contribution in [0.15, 0.2) is 46.1 Å². The van der Waals surface area contributed by atoms with Crippen LogP contribution in [0.5, 0.6) is 0 Å². The van der Waals surface area contributed by atoms with Gasteiger partial charge in [-0.05, 0) is 34.5 Å². The second kappa shape index (κ2) is 8.95. The molecule has 1 aromatic heterocycles. The number of hydrogen-bond acceptors (Lipinski definition) is 4. The third kappa shape index (κ3) is 4.37. The van der Waals surface area contributed by atoms with Crippen LogP contribution in [-0.4, -0.2) is 42.8 Å². The van der Waals surface area contributed by atoms with Crippen molar-refractivity contribution in [1.29, 1.82) is 0 Å². The molecule has 0 saturated heterocycles. The molecule has 8 heteroatoms. The summed E-state index contributed by atoms with van der Waals surface area (Å²) in [5.74, 6) is 0.162. The Labute approximate surface area is 167 Å². The maximum Gasteiger partial charge on any atom is 0.261 e. The first-order valence-electron chi connectivity index (χ1n) is 7.61. The lowest BCUT2D eigenvalue weighted by molar-refractivity contribution is 0.0657. The second-order valence-electron chi connectivity index (χ2n) is 5.29. The summed E-state index contributed by atoms with van der Waals surface area (Å²) < 4.78 is 0. The average Bonchev–Trinajstić information content (AvgIpc) is 3.21. The number of guanidine groups is 1. The van der Waals surface area contributed by atoms with Crippen molar-refractivity contribution in [3.63, 3.8) is 0 Å². The first-order valence-corrected chi connectivity index (χ1v) is 8.56. The van der Waals surface area contributed by atoms with Crippen molar-refractivity contribution >= 4 is 53.1 Å². The summed E-state index contributed by atoms with van der Waals surface area (Å²) in [6, 6.07) is 8.95. The van der Waals surface area contributed by atoms with Crippen LogP contribution in [0.2, 0.25) is 0 Å². The first kappa shape index (κ1) is 19.4. The molecule has 0 fully saturated rings. The van der Waals surface area contributed by atoms with Gasteiger partial charge in [-0.1, -0.05) is 12.1 Å². The van der Waals surface area contributed by atoms with Crippen LogP contribution in [0.1, 0.15) is 26.3 Å². The fourth-order valence-corrected chi connectivity index (χ4v) is 3.20. The van der Waals surface area contributed by atoms with E-state index in [0.717, 1.165) is 0 Å². The molecule has 1 aliphatic rings. The number of aliphatic imine (C=N–C) groups is 1. The van der Waals surface area contributed by atoms with E-state index in [-0.39, 0.29) is 35.8 Å². The van der Waals surface area contributed by atoms with Crippen LogP contribution < -0.4 is 10.6 Å². The molecule has 2 aromatic rings. The topological polar surface area (TPSA) is 73.8 Å². The summed E-state index contributed by atoms with van der Waals surface area (Å²) in [7, 11) is 1.69. The highest BCUT2D eigenvalue weighted by molar-refractivity contribution is 14.0.